The number of amides is 2. The zero-order valence-corrected chi connectivity index (χ0v) is 15.2. The summed E-state index contributed by atoms with van der Waals surface area (Å²) in [5, 5.41) is 12.5. The molecule has 2 atom stereocenters. The van der Waals surface area contributed by atoms with Crippen molar-refractivity contribution in [2.75, 3.05) is 6.54 Å². The van der Waals surface area contributed by atoms with Crippen LogP contribution in [0.25, 0.3) is 0 Å². The summed E-state index contributed by atoms with van der Waals surface area (Å²) in [7, 11) is 0. The van der Waals surface area contributed by atoms with Crippen molar-refractivity contribution in [2.45, 2.75) is 83.9 Å². The summed E-state index contributed by atoms with van der Waals surface area (Å²) >= 11 is 0. The Labute approximate surface area is 144 Å². The molecule has 6 nitrogen and oxygen atoms in total. The SMILES string of the molecule is C[C@@H]1C[C@H](NC(=O)C2(C#N)CCCC2)CCN1C(=O)OC(C)(C)C. The largest absolute Gasteiger partial charge is 0.444 e. The maximum Gasteiger partial charge on any atom is 0.410 e. The highest BCUT2D eigenvalue weighted by molar-refractivity contribution is 5.86. The maximum atomic E-state index is 12.5. The van der Waals surface area contributed by atoms with E-state index in [1.807, 2.05) is 27.7 Å². The Morgan fingerprint density at radius 1 is 1.29 bits per heavy atom. The summed E-state index contributed by atoms with van der Waals surface area (Å²) in [6, 6.07) is 2.25. The lowest BCUT2D eigenvalue weighted by molar-refractivity contribution is -0.129. The molecule has 0 spiro atoms. The molecule has 0 unspecified atom stereocenters. The normalized spacial score (nSPS) is 26.5. The zero-order chi connectivity index (χ0) is 18.0. The monoisotopic (exact) mass is 335 g/mol. The molecule has 2 amide bonds. The quantitative estimate of drug-likeness (QED) is 0.841. The molecule has 1 aliphatic heterocycles. The van der Waals surface area contributed by atoms with Gasteiger partial charge in [-0.05, 0) is 53.4 Å². The third-order valence-electron chi connectivity index (χ3n) is 4.95. The number of hydrogen-bond donors (Lipinski definition) is 1. The highest BCUT2D eigenvalue weighted by Crippen LogP contribution is 2.38. The summed E-state index contributed by atoms with van der Waals surface area (Å²) < 4.78 is 5.44. The molecular weight excluding hydrogens is 306 g/mol. The van der Waals surface area contributed by atoms with Crippen molar-refractivity contribution in [1.29, 1.82) is 5.26 Å². The second-order valence-electron chi connectivity index (χ2n) is 8.12. The van der Waals surface area contributed by atoms with Crippen LogP contribution in [0, 0.1) is 16.7 Å². The molecule has 134 valence electrons. The van der Waals surface area contributed by atoms with Gasteiger partial charge in [0.1, 0.15) is 11.0 Å². The molecule has 0 aromatic rings. The second-order valence-corrected chi connectivity index (χ2v) is 8.12. The highest BCUT2D eigenvalue weighted by atomic mass is 16.6. The number of likely N-dealkylation sites (tertiary alicyclic amines) is 1. The van der Waals surface area contributed by atoms with Crippen LogP contribution in [0.5, 0.6) is 0 Å². The van der Waals surface area contributed by atoms with Gasteiger partial charge in [0, 0.05) is 18.6 Å². The predicted molar refractivity (Wildman–Crippen MR) is 90.1 cm³/mol. The van der Waals surface area contributed by atoms with Crippen molar-refractivity contribution in [3.8, 4) is 6.07 Å². The number of rotatable bonds is 2. The van der Waals surface area contributed by atoms with Crippen LogP contribution in [-0.4, -0.2) is 41.1 Å². The lowest BCUT2D eigenvalue weighted by Gasteiger charge is -2.39. The first-order valence-electron chi connectivity index (χ1n) is 8.89. The molecule has 1 aliphatic carbocycles. The van der Waals surface area contributed by atoms with Crippen molar-refractivity contribution < 1.29 is 14.3 Å². The van der Waals surface area contributed by atoms with E-state index in [2.05, 4.69) is 11.4 Å². The van der Waals surface area contributed by atoms with Crippen molar-refractivity contribution >= 4 is 12.0 Å². The van der Waals surface area contributed by atoms with Gasteiger partial charge in [-0.1, -0.05) is 12.8 Å². The molecule has 0 aromatic carbocycles. The predicted octanol–water partition coefficient (Wildman–Crippen LogP) is 2.97. The molecule has 1 heterocycles. The number of carbonyl (C=O) groups excluding carboxylic acids is 2. The van der Waals surface area contributed by atoms with Crippen LogP contribution in [0.4, 0.5) is 4.79 Å². The average Bonchev–Trinajstić information content (AvgIpc) is 2.95. The molecule has 2 fully saturated rings. The fraction of sp³-hybridized carbons (Fsp3) is 0.833. The van der Waals surface area contributed by atoms with E-state index in [9.17, 15) is 14.9 Å². The van der Waals surface area contributed by atoms with Gasteiger partial charge in [0.15, 0.2) is 0 Å². The summed E-state index contributed by atoms with van der Waals surface area (Å²) in [4.78, 5) is 26.5. The number of ether oxygens (including phenoxy) is 1. The maximum absolute atomic E-state index is 12.5. The molecule has 24 heavy (non-hydrogen) atoms. The van der Waals surface area contributed by atoms with E-state index in [1.54, 1.807) is 4.90 Å². The minimum absolute atomic E-state index is 0.000476. The van der Waals surface area contributed by atoms with Crippen LogP contribution in [0.15, 0.2) is 0 Å². The number of nitrogens with zero attached hydrogens (tertiary/aromatic N) is 2. The van der Waals surface area contributed by atoms with Gasteiger partial charge < -0.3 is 15.0 Å². The molecule has 1 saturated carbocycles. The molecular formula is C18H29N3O3. The fourth-order valence-electron chi connectivity index (χ4n) is 3.59. The summed E-state index contributed by atoms with van der Waals surface area (Å²) in [6.07, 6.45) is 4.26. The number of carbonyl (C=O) groups is 2. The third kappa shape index (κ3) is 4.19. The average molecular weight is 335 g/mol. The minimum Gasteiger partial charge on any atom is -0.444 e. The zero-order valence-electron chi connectivity index (χ0n) is 15.2. The van der Waals surface area contributed by atoms with E-state index < -0.39 is 11.0 Å². The van der Waals surface area contributed by atoms with Crippen LogP contribution in [0.2, 0.25) is 0 Å². The van der Waals surface area contributed by atoms with Crippen LogP contribution in [0.1, 0.15) is 66.2 Å². The first kappa shape index (κ1) is 18.6. The molecule has 0 bridgehead atoms. The van der Waals surface area contributed by atoms with Gasteiger partial charge >= 0.3 is 6.09 Å². The number of nitrogens with one attached hydrogen (secondary N) is 1. The topological polar surface area (TPSA) is 82.4 Å². The van der Waals surface area contributed by atoms with Crippen LogP contribution >= 0.6 is 0 Å². The van der Waals surface area contributed by atoms with E-state index >= 15 is 0 Å². The molecule has 1 saturated heterocycles. The van der Waals surface area contributed by atoms with Crippen molar-refractivity contribution in [3.05, 3.63) is 0 Å². The van der Waals surface area contributed by atoms with Crippen LogP contribution < -0.4 is 5.32 Å². The lowest BCUT2D eigenvalue weighted by atomic mass is 9.86. The Morgan fingerprint density at radius 2 is 1.92 bits per heavy atom. The standard InChI is InChI=1S/C18H29N3O3/c1-13-11-14(7-10-21(13)16(23)24-17(2,3)4)20-15(22)18(12-19)8-5-6-9-18/h13-14H,5-11H2,1-4H3,(H,20,22)/t13-,14-/m1/s1. The van der Waals surface area contributed by atoms with Crippen molar-refractivity contribution in [3.63, 3.8) is 0 Å². The Balaban J connectivity index is 1.90. The molecule has 0 aromatic heterocycles. The smallest absolute Gasteiger partial charge is 0.410 e. The van der Waals surface area contributed by atoms with Crippen molar-refractivity contribution in [1.82, 2.24) is 10.2 Å². The lowest BCUT2D eigenvalue weighted by Crippen LogP contribution is -2.53. The second kappa shape index (κ2) is 7.00. The first-order chi connectivity index (χ1) is 11.2. The van der Waals surface area contributed by atoms with E-state index in [0.29, 0.717) is 32.2 Å². The van der Waals surface area contributed by atoms with Gasteiger partial charge in [-0.3, -0.25) is 4.79 Å². The highest BCUT2D eigenvalue weighted by Gasteiger charge is 2.43. The Morgan fingerprint density at radius 3 is 2.42 bits per heavy atom. The first-order valence-corrected chi connectivity index (χ1v) is 8.89. The summed E-state index contributed by atoms with van der Waals surface area (Å²) in [5.74, 6) is -0.134. The molecule has 0 radical (unpaired) electrons. The summed E-state index contributed by atoms with van der Waals surface area (Å²) in [5.41, 5.74) is -1.35. The molecule has 1 N–H and O–H groups in total. The molecule has 2 aliphatic rings. The van der Waals surface area contributed by atoms with Gasteiger partial charge in [0.25, 0.3) is 0 Å². The van der Waals surface area contributed by atoms with Gasteiger partial charge in [-0.15, -0.1) is 0 Å². The molecule has 2 rings (SSSR count). The third-order valence-corrected chi connectivity index (χ3v) is 4.95. The Bertz CT molecular complexity index is 527. The van der Waals surface area contributed by atoms with Crippen LogP contribution in [-0.2, 0) is 9.53 Å². The van der Waals surface area contributed by atoms with E-state index in [1.165, 1.54) is 0 Å². The number of piperidine rings is 1. The van der Waals surface area contributed by atoms with Crippen molar-refractivity contribution in [2.24, 2.45) is 5.41 Å². The fourth-order valence-corrected chi connectivity index (χ4v) is 3.59. The summed E-state index contributed by atoms with van der Waals surface area (Å²) in [6.45, 7) is 8.08. The number of hydrogen-bond acceptors (Lipinski definition) is 4. The minimum atomic E-state index is -0.842. The van der Waals surface area contributed by atoms with Gasteiger partial charge in [0.2, 0.25) is 5.91 Å². The molecule has 6 heteroatoms. The van der Waals surface area contributed by atoms with Gasteiger partial charge in [-0.25, -0.2) is 4.79 Å². The van der Waals surface area contributed by atoms with E-state index in [4.69, 9.17) is 4.74 Å². The van der Waals surface area contributed by atoms with E-state index in [0.717, 1.165) is 12.8 Å². The Hall–Kier alpha value is -1.77. The van der Waals surface area contributed by atoms with E-state index in [-0.39, 0.29) is 24.1 Å². The Kier molecular flexibility index (Phi) is 5.42. The van der Waals surface area contributed by atoms with Crippen LogP contribution in [0.3, 0.4) is 0 Å². The van der Waals surface area contributed by atoms with Gasteiger partial charge in [0.05, 0.1) is 6.07 Å². The van der Waals surface area contributed by atoms with Gasteiger partial charge in [-0.2, -0.15) is 5.26 Å². The number of nitriles is 1.